The molecule has 7 heteroatoms. The van der Waals surface area contributed by atoms with Gasteiger partial charge in [-0.05, 0) is 48.7 Å². The second kappa shape index (κ2) is 10.2. The molecule has 0 aliphatic rings. The topological polar surface area (TPSA) is 84.5 Å². The molecular weight excluding hydrogens is 412 g/mol. The van der Waals surface area contributed by atoms with E-state index in [0.29, 0.717) is 17.9 Å². The maximum atomic E-state index is 12.6. The Morgan fingerprint density at radius 1 is 0.871 bits per heavy atom. The molecule has 0 saturated carbocycles. The van der Waals surface area contributed by atoms with Crippen LogP contribution in [-0.4, -0.2) is 20.9 Å². The molecule has 3 aromatic carbocycles. The molecule has 3 aromatic rings. The number of carbonyl (C=O) groups excluding carboxylic acids is 1. The zero-order valence-corrected chi connectivity index (χ0v) is 18.4. The van der Waals surface area contributed by atoms with Crippen LogP contribution in [0.4, 0.5) is 0 Å². The zero-order valence-electron chi connectivity index (χ0n) is 17.6. The number of sulfonamides is 1. The molecule has 3 rings (SSSR count). The fraction of sp³-hybridized carbons (Fsp3) is 0.208. The molecule has 0 spiro atoms. The van der Waals surface area contributed by atoms with Crippen LogP contribution < -0.4 is 14.8 Å². The normalized spacial score (nSPS) is 11.2. The first-order chi connectivity index (χ1) is 14.8. The number of hydrogen-bond acceptors (Lipinski definition) is 4. The van der Waals surface area contributed by atoms with Gasteiger partial charge in [-0.1, -0.05) is 60.2 Å². The lowest BCUT2D eigenvalue weighted by Crippen LogP contribution is -2.28. The number of benzene rings is 3. The van der Waals surface area contributed by atoms with Crippen LogP contribution >= 0.6 is 0 Å². The van der Waals surface area contributed by atoms with E-state index in [1.165, 1.54) is 12.1 Å². The summed E-state index contributed by atoms with van der Waals surface area (Å²) in [5.74, 6) is 0.216. The Morgan fingerprint density at radius 3 is 2.23 bits per heavy atom. The molecule has 0 heterocycles. The van der Waals surface area contributed by atoms with Crippen molar-refractivity contribution in [3.8, 4) is 5.75 Å². The molecule has 0 unspecified atom stereocenters. The minimum absolute atomic E-state index is 0.148. The molecular formula is C24H26N2O4S. The summed E-state index contributed by atoms with van der Waals surface area (Å²) in [6.45, 7) is 4.24. The van der Waals surface area contributed by atoms with Gasteiger partial charge in [0.1, 0.15) is 5.75 Å². The van der Waals surface area contributed by atoms with E-state index in [1.807, 2.05) is 61.5 Å². The van der Waals surface area contributed by atoms with Crippen molar-refractivity contribution in [2.24, 2.45) is 0 Å². The zero-order chi connectivity index (χ0) is 22.3. The fourth-order valence-corrected chi connectivity index (χ4v) is 4.01. The van der Waals surface area contributed by atoms with Gasteiger partial charge >= 0.3 is 0 Å². The van der Waals surface area contributed by atoms with E-state index in [1.54, 1.807) is 13.0 Å². The Balaban J connectivity index is 1.53. The van der Waals surface area contributed by atoms with Gasteiger partial charge in [0.05, 0.1) is 4.90 Å². The summed E-state index contributed by atoms with van der Waals surface area (Å²) in [5.41, 5.74) is 3.68. The van der Waals surface area contributed by atoms with Crippen molar-refractivity contribution in [1.29, 1.82) is 0 Å². The van der Waals surface area contributed by atoms with Gasteiger partial charge in [-0.3, -0.25) is 4.79 Å². The highest BCUT2D eigenvalue weighted by Crippen LogP contribution is 2.22. The average molecular weight is 439 g/mol. The van der Waals surface area contributed by atoms with Crippen LogP contribution in [0.3, 0.4) is 0 Å². The highest BCUT2D eigenvalue weighted by Gasteiger charge is 2.15. The number of aryl methyl sites for hydroxylation is 2. The highest BCUT2D eigenvalue weighted by atomic mass is 32.2. The van der Waals surface area contributed by atoms with Crippen LogP contribution in [0, 0.1) is 13.8 Å². The summed E-state index contributed by atoms with van der Waals surface area (Å²) >= 11 is 0. The van der Waals surface area contributed by atoms with E-state index in [0.717, 1.165) is 16.7 Å². The third-order valence-corrected chi connectivity index (χ3v) is 6.13. The van der Waals surface area contributed by atoms with Crippen LogP contribution in [0.5, 0.6) is 5.75 Å². The van der Waals surface area contributed by atoms with Crippen LogP contribution in [0.2, 0.25) is 0 Å². The van der Waals surface area contributed by atoms with Gasteiger partial charge in [0.15, 0.2) is 6.61 Å². The van der Waals surface area contributed by atoms with Gasteiger partial charge < -0.3 is 10.1 Å². The van der Waals surface area contributed by atoms with Crippen molar-refractivity contribution >= 4 is 15.9 Å². The summed E-state index contributed by atoms with van der Waals surface area (Å²) in [7, 11) is -3.66. The highest BCUT2D eigenvalue weighted by molar-refractivity contribution is 7.89. The fourth-order valence-electron chi connectivity index (χ4n) is 2.91. The monoisotopic (exact) mass is 438 g/mol. The van der Waals surface area contributed by atoms with Gasteiger partial charge in [-0.25, -0.2) is 13.1 Å². The van der Waals surface area contributed by atoms with Crippen molar-refractivity contribution in [2.75, 3.05) is 6.61 Å². The first-order valence-corrected chi connectivity index (χ1v) is 11.4. The molecule has 0 atom stereocenters. The first kappa shape index (κ1) is 22.5. The van der Waals surface area contributed by atoms with Crippen LogP contribution in [0.15, 0.2) is 77.7 Å². The maximum Gasteiger partial charge on any atom is 0.258 e. The minimum atomic E-state index is -3.66. The minimum Gasteiger partial charge on any atom is -0.484 e. The average Bonchev–Trinajstić information content (AvgIpc) is 2.77. The van der Waals surface area contributed by atoms with Crippen LogP contribution in [-0.2, 0) is 27.9 Å². The van der Waals surface area contributed by atoms with Gasteiger partial charge in [0.25, 0.3) is 5.91 Å². The molecule has 6 nitrogen and oxygen atoms in total. The number of amides is 1. The Kier molecular flexibility index (Phi) is 7.44. The number of hydrogen-bond donors (Lipinski definition) is 2. The first-order valence-electron chi connectivity index (χ1n) is 9.93. The third kappa shape index (κ3) is 6.67. The van der Waals surface area contributed by atoms with Gasteiger partial charge in [-0.2, -0.15) is 0 Å². The van der Waals surface area contributed by atoms with E-state index < -0.39 is 10.0 Å². The summed E-state index contributed by atoms with van der Waals surface area (Å²) in [4.78, 5) is 12.2. The van der Waals surface area contributed by atoms with Gasteiger partial charge in [-0.15, -0.1) is 0 Å². The second-order valence-electron chi connectivity index (χ2n) is 7.29. The molecule has 0 radical (unpaired) electrons. The van der Waals surface area contributed by atoms with E-state index in [4.69, 9.17) is 4.74 Å². The van der Waals surface area contributed by atoms with Crippen molar-refractivity contribution in [2.45, 2.75) is 31.8 Å². The number of carbonyl (C=O) groups is 1. The standard InChI is InChI=1S/C24H26N2O4S/c1-18-8-10-21(11-9-18)15-25-24(27)17-30-23-13-12-22(14-19(23)2)31(28,29)26-16-20-6-4-3-5-7-20/h3-14,26H,15-17H2,1-2H3,(H,25,27). The summed E-state index contributed by atoms with van der Waals surface area (Å²) in [5, 5.41) is 2.81. The van der Waals surface area contributed by atoms with E-state index in [2.05, 4.69) is 10.0 Å². The van der Waals surface area contributed by atoms with Crippen LogP contribution in [0.1, 0.15) is 22.3 Å². The third-order valence-electron chi connectivity index (χ3n) is 4.73. The molecule has 0 aliphatic carbocycles. The lowest BCUT2D eigenvalue weighted by atomic mass is 10.1. The largest absolute Gasteiger partial charge is 0.484 e. The molecule has 2 N–H and O–H groups in total. The van der Waals surface area contributed by atoms with Crippen molar-refractivity contribution in [3.63, 3.8) is 0 Å². The summed E-state index contributed by atoms with van der Waals surface area (Å²) in [6.07, 6.45) is 0. The Labute approximate surface area is 183 Å². The molecule has 0 bridgehead atoms. The van der Waals surface area contributed by atoms with E-state index >= 15 is 0 Å². The molecule has 31 heavy (non-hydrogen) atoms. The molecule has 0 saturated heterocycles. The Hall–Kier alpha value is -3.16. The molecule has 0 aromatic heterocycles. The molecule has 1 amide bonds. The number of nitrogens with one attached hydrogen (secondary N) is 2. The lowest BCUT2D eigenvalue weighted by molar-refractivity contribution is -0.123. The predicted molar refractivity (Wildman–Crippen MR) is 120 cm³/mol. The van der Waals surface area contributed by atoms with E-state index in [9.17, 15) is 13.2 Å². The predicted octanol–water partition coefficient (Wildman–Crippen LogP) is 3.48. The smallest absolute Gasteiger partial charge is 0.258 e. The van der Waals surface area contributed by atoms with Crippen molar-refractivity contribution in [3.05, 3.63) is 95.1 Å². The quantitative estimate of drug-likeness (QED) is 0.536. The lowest BCUT2D eigenvalue weighted by Gasteiger charge is -2.12. The number of rotatable bonds is 9. The molecule has 162 valence electrons. The van der Waals surface area contributed by atoms with Gasteiger partial charge in [0.2, 0.25) is 10.0 Å². The Bertz CT molecular complexity index is 1130. The maximum absolute atomic E-state index is 12.6. The van der Waals surface area contributed by atoms with Crippen molar-refractivity contribution < 1.29 is 17.9 Å². The number of ether oxygens (including phenoxy) is 1. The van der Waals surface area contributed by atoms with Crippen LogP contribution in [0.25, 0.3) is 0 Å². The molecule has 0 fully saturated rings. The molecule has 0 aliphatic heterocycles. The van der Waals surface area contributed by atoms with Gasteiger partial charge in [0, 0.05) is 13.1 Å². The second-order valence-corrected chi connectivity index (χ2v) is 9.06. The summed E-state index contributed by atoms with van der Waals surface area (Å²) in [6, 6.07) is 21.8. The van der Waals surface area contributed by atoms with Crippen molar-refractivity contribution in [1.82, 2.24) is 10.0 Å². The SMILES string of the molecule is Cc1ccc(CNC(=O)COc2ccc(S(=O)(=O)NCc3ccccc3)cc2C)cc1. The Morgan fingerprint density at radius 2 is 1.55 bits per heavy atom. The van der Waals surface area contributed by atoms with E-state index in [-0.39, 0.29) is 24.0 Å². The summed E-state index contributed by atoms with van der Waals surface area (Å²) < 4.78 is 33.3.